The van der Waals surface area contributed by atoms with Crippen LogP contribution in [0.15, 0.2) is 22.7 Å². The van der Waals surface area contributed by atoms with E-state index in [2.05, 4.69) is 28.9 Å². The molecule has 1 saturated carbocycles. The largest absolute Gasteiger partial charge is 0.493 e. The number of piperidine rings is 1. The number of hydrogen-bond acceptors (Lipinski definition) is 7. The van der Waals surface area contributed by atoms with Crippen LogP contribution in [0.3, 0.4) is 0 Å². The van der Waals surface area contributed by atoms with Gasteiger partial charge in [0.2, 0.25) is 6.41 Å². The van der Waals surface area contributed by atoms with Crippen LogP contribution in [-0.2, 0) is 11.2 Å². The van der Waals surface area contributed by atoms with Gasteiger partial charge in [-0.1, -0.05) is 32.0 Å². The topological polar surface area (TPSA) is 91.9 Å². The van der Waals surface area contributed by atoms with Crippen molar-refractivity contribution in [2.24, 2.45) is 17.8 Å². The minimum atomic E-state index is -0.610. The molecular formula is C28H41FN4O4. The molecule has 2 atom stereocenters. The van der Waals surface area contributed by atoms with Crippen LogP contribution in [0.5, 0.6) is 5.75 Å². The molecule has 2 unspecified atom stereocenters. The van der Waals surface area contributed by atoms with Gasteiger partial charge in [-0.15, -0.1) is 0 Å². The van der Waals surface area contributed by atoms with Crippen molar-refractivity contribution in [2.75, 3.05) is 37.7 Å². The van der Waals surface area contributed by atoms with Crippen LogP contribution in [0.1, 0.15) is 70.7 Å². The summed E-state index contributed by atoms with van der Waals surface area (Å²) in [4.78, 5) is 18.2. The highest BCUT2D eigenvalue weighted by molar-refractivity contribution is 5.49. The van der Waals surface area contributed by atoms with Gasteiger partial charge in [-0.05, 0) is 68.4 Å². The van der Waals surface area contributed by atoms with Crippen molar-refractivity contribution in [3.05, 3.63) is 35.4 Å². The van der Waals surface area contributed by atoms with Gasteiger partial charge < -0.3 is 24.2 Å². The Morgan fingerprint density at radius 3 is 2.57 bits per heavy atom. The molecule has 0 spiro atoms. The van der Waals surface area contributed by atoms with Crippen molar-refractivity contribution >= 4 is 12.4 Å². The van der Waals surface area contributed by atoms with Crippen LogP contribution in [-0.4, -0.2) is 64.9 Å². The zero-order valence-electron chi connectivity index (χ0n) is 22.5. The summed E-state index contributed by atoms with van der Waals surface area (Å²) in [6, 6.07) is 5.89. The Bertz CT molecular complexity index is 1030. The van der Waals surface area contributed by atoms with E-state index in [0.717, 1.165) is 55.1 Å². The molecule has 3 aliphatic rings. The number of rotatable bonds is 9. The van der Waals surface area contributed by atoms with Gasteiger partial charge in [0.15, 0.2) is 5.82 Å². The van der Waals surface area contributed by atoms with Gasteiger partial charge in [-0.25, -0.2) is 4.39 Å². The number of anilines is 1. The molecule has 1 aromatic heterocycles. The lowest BCUT2D eigenvalue weighted by atomic mass is 9.90. The Morgan fingerprint density at radius 2 is 2.03 bits per heavy atom. The van der Waals surface area contributed by atoms with Gasteiger partial charge in [0.25, 0.3) is 0 Å². The molecule has 9 heteroatoms. The summed E-state index contributed by atoms with van der Waals surface area (Å²) in [7, 11) is 0. The minimum Gasteiger partial charge on any atom is -0.493 e. The lowest BCUT2D eigenvalue weighted by Crippen LogP contribution is -2.58. The number of β-amino-alcohol motifs (C(OH)–C–C–N with tert-alkyl or cyclic N) is 1. The lowest BCUT2D eigenvalue weighted by molar-refractivity contribution is -0.138. The number of benzene rings is 1. The zero-order chi connectivity index (χ0) is 26.6. The molecule has 2 aliphatic heterocycles. The van der Waals surface area contributed by atoms with Crippen LogP contribution in [0.25, 0.3) is 0 Å². The molecule has 3 fully saturated rings. The van der Waals surface area contributed by atoms with E-state index in [1.54, 1.807) is 6.92 Å². The quantitative estimate of drug-likeness (QED) is 0.493. The highest BCUT2D eigenvalue weighted by atomic mass is 19.1. The second-order valence-corrected chi connectivity index (χ2v) is 11.3. The fourth-order valence-corrected chi connectivity index (χ4v) is 5.42. The molecule has 2 saturated heterocycles. The van der Waals surface area contributed by atoms with E-state index in [0.29, 0.717) is 43.8 Å². The number of hydrogen-bond donors (Lipinski definition) is 1. The second-order valence-electron chi connectivity index (χ2n) is 11.3. The molecule has 1 aromatic carbocycles. The number of carbonyl (C=O) groups excluding carboxylic acids is 1. The van der Waals surface area contributed by atoms with Crippen LogP contribution in [0, 0.1) is 23.6 Å². The summed E-state index contributed by atoms with van der Waals surface area (Å²) in [6.07, 6.45) is 6.19. The SMILES string of the molecule is CC1(O)CN(C=O)C1.CCc1ccc(OCCC2CC2C2CCN(c3nc(C(C)C)no3)CC2)cc1F. The summed E-state index contributed by atoms with van der Waals surface area (Å²) < 4.78 is 25.1. The number of aromatic nitrogens is 2. The Hall–Kier alpha value is -2.68. The van der Waals surface area contributed by atoms with Gasteiger partial charge in [0.1, 0.15) is 11.6 Å². The first-order chi connectivity index (χ1) is 17.7. The third-order valence-corrected chi connectivity index (χ3v) is 7.74. The molecule has 0 bridgehead atoms. The zero-order valence-corrected chi connectivity index (χ0v) is 22.5. The predicted molar refractivity (Wildman–Crippen MR) is 139 cm³/mol. The Labute approximate surface area is 219 Å². The molecule has 8 nitrogen and oxygen atoms in total. The van der Waals surface area contributed by atoms with E-state index in [4.69, 9.17) is 14.4 Å². The van der Waals surface area contributed by atoms with E-state index < -0.39 is 5.60 Å². The number of nitrogens with zero attached hydrogens (tertiary/aromatic N) is 4. The van der Waals surface area contributed by atoms with Crippen molar-refractivity contribution in [3.8, 4) is 5.75 Å². The van der Waals surface area contributed by atoms with E-state index in [9.17, 15) is 9.18 Å². The third kappa shape index (κ3) is 7.21. The average molecular weight is 517 g/mol. The van der Waals surface area contributed by atoms with Gasteiger partial charge >= 0.3 is 6.01 Å². The monoisotopic (exact) mass is 516 g/mol. The number of amides is 1. The Kier molecular flexibility index (Phi) is 8.72. The molecule has 37 heavy (non-hydrogen) atoms. The maximum absolute atomic E-state index is 13.8. The molecule has 3 heterocycles. The fraction of sp³-hybridized carbons (Fsp3) is 0.679. The van der Waals surface area contributed by atoms with Crippen molar-refractivity contribution in [2.45, 2.75) is 71.3 Å². The normalized spacial score (nSPS) is 22.8. The average Bonchev–Trinajstić information content (AvgIpc) is 3.45. The Morgan fingerprint density at radius 1 is 1.30 bits per heavy atom. The first kappa shape index (κ1) is 27.4. The second kappa shape index (κ2) is 11.8. The van der Waals surface area contributed by atoms with E-state index >= 15 is 0 Å². The van der Waals surface area contributed by atoms with Gasteiger partial charge in [0, 0.05) is 25.1 Å². The number of aryl methyl sites for hydroxylation is 1. The number of ether oxygens (including phenoxy) is 1. The molecule has 5 rings (SSSR count). The van der Waals surface area contributed by atoms with Crippen molar-refractivity contribution in [1.29, 1.82) is 0 Å². The molecule has 1 N–H and O–H groups in total. The number of aliphatic hydroxyl groups is 1. The number of carbonyl (C=O) groups is 1. The Balaban J connectivity index is 0.000000342. The van der Waals surface area contributed by atoms with E-state index in [-0.39, 0.29) is 5.82 Å². The highest BCUT2D eigenvalue weighted by Gasteiger charge is 2.43. The predicted octanol–water partition coefficient (Wildman–Crippen LogP) is 4.43. The summed E-state index contributed by atoms with van der Waals surface area (Å²) >= 11 is 0. The first-order valence-corrected chi connectivity index (χ1v) is 13.6. The van der Waals surface area contributed by atoms with Crippen molar-refractivity contribution < 1.29 is 23.6 Å². The van der Waals surface area contributed by atoms with Crippen molar-refractivity contribution in [3.63, 3.8) is 0 Å². The molecule has 1 amide bonds. The van der Waals surface area contributed by atoms with Crippen molar-refractivity contribution in [1.82, 2.24) is 15.0 Å². The summed E-state index contributed by atoms with van der Waals surface area (Å²) in [6.45, 7) is 11.5. The minimum absolute atomic E-state index is 0.164. The first-order valence-electron chi connectivity index (χ1n) is 13.6. The number of likely N-dealkylation sites (tertiary alicyclic amines) is 1. The van der Waals surface area contributed by atoms with E-state index in [1.165, 1.54) is 30.2 Å². The molecule has 204 valence electrons. The maximum atomic E-state index is 13.8. The van der Waals surface area contributed by atoms with Crippen LogP contribution >= 0.6 is 0 Å². The fourth-order valence-electron chi connectivity index (χ4n) is 5.42. The molecular weight excluding hydrogens is 475 g/mol. The lowest BCUT2D eigenvalue weighted by Gasteiger charge is -2.41. The summed E-state index contributed by atoms with van der Waals surface area (Å²) in [5.41, 5.74) is 0.132. The highest BCUT2D eigenvalue weighted by Crippen LogP contribution is 2.50. The van der Waals surface area contributed by atoms with Crippen LogP contribution in [0.4, 0.5) is 10.4 Å². The standard InChI is InChI=1S/C23H32FN3O2.C5H9NO2/c1-4-16-5-6-19(14-21(16)24)28-12-9-18-13-20(18)17-7-10-27(11-8-17)23-25-22(15(2)3)26-29-23;1-5(8)2-6(3-5)4-7/h5-6,14-15,17-18,20H,4,7-13H2,1-3H3;4,8H,2-3H2,1H3. The van der Waals surface area contributed by atoms with E-state index in [1.807, 2.05) is 19.1 Å². The van der Waals surface area contributed by atoms with Gasteiger partial charge in [-0.3, -0.25) is 4.79 Å². The summed E-state index contributed by atoms with van der Waals surface area (Å²) in [5, 5.41) is 13.1. The maximum Gasteiger partial charge on any atom is 0.324 e. The molecule has 2 aromatic rings. The summed E-state index contributed by atoms with van der Waals surface area (Å²) in [5.74, 6) is 3.91. The molecule has 1 aliphatic carbocycles. The smallest absolute Gasteiger partial charge is 0.324 e. The van der Waals surface area contributed by atoms with Gasteiger partial charge in [0.05, 0.1) is 25.3 Å². The molecule has 0 radical (unpaired) electrons. The van der Waals surface area contributed by atoms with Gasteiger partial charge in [-0.2, -0.15) is 4.98 Å². The van der Waals surface area contributed by atoms with Crippen LogP contribution in [0.2, 0.25) is 0 Å². The number of halogens is 1. The third-order valence-electron chi connectivity index (χ3n) is 7.74. The van der Waals surface area contributed by atoms with Crippen LogP contribution < -0.4 is 9.64 Å².